The summed E-state index contributed by atoms with van der Waals surface area (Å²) in [5, 5.41) is -0.602. The molecule has 0 saturated heterocycles. The number of rotatable bonds is 1. The standard InChI is InChI=1S/C13H6ClF3N2/c14-6-5-7(15)10(12(17)11(6)16)13-18-8-3-1-2-4-9(8)19-13/h1-5H,(H,18,19). The summed E-state index contributed by atoms with van der Waals surface area (Å²) in [6, 6.07) is 7.59. The molecule has 6 heteroatoms. The minimum absolute atomic E-state index is 0.0771. The van der Waals surface area contributed by atoms with Crippen molar-refractivity contribution in [2.45, 2.75) is 0 Å². The summed E-state index contributed by atoms with van der Waals surface area (Å²) in [5.41, 5.74) is 0.580. The first-order valence-corrected chi connectivity index (χ1v) is 5.74. The van der Waals surface area contributed by atoms with Crippen molar-refractivity contribution < 1.29 is 13.2 Å². The molecule has 2 aromatic carbocycles. The molecule has 0 bridgehead atoms. The predicted molar refractivity (Wildman–Crippen MR) is 66.4 cm³/mol. The lowest BCUT2D eigenvalue weighted by molar-refractivity contribution is 0.498. The van der Waals surface area contributed by atoms with Gasteiger partial charge in [-0.2, -0.15) is 0 Å². The van der Waals surface area contributed by atoms with Crippen LogP contribution in [0.4, 0.5) is 13.2 Å². The smallest absolute Gasteiger partial charge is 0.178 e. The first kappa shape index (κ1) is 12.0. The number of para-hydroxylation sites is 2. The lowest BCUT2D eigenvalue weighted by Crippen LogP contribution is -1.97. The molecule has 0 aliphatic carbocycles. The van der Waals surface area contributed by atoms with Crippen LogP contribution < -0.4 is 0 Å². The molecular weight excluding hydrogens is 277 g/mol. The minimum Gasteiger partial charge on any atom is -0.338 e. The lowest BCUT2D eigenvalue weighted by Gasteiger charge is -2.04. The van der Waals surface area contributed by atoms with Crippen LogP contribution in [-0.2, 0) is 0 Å². The number of aromatic nitrogens is 2. The number of imidazole rings is 1. The van der Waals surface area contributed by atoms with Crippen molar-refractivity contribution in [2.75, 3.05) is 0 Å². The monoisotopic (exact) mass is 282 g/mol. The van der Waals surface area contributed by atoms with E-state index >= 15 is 0 Å². The van der Waals surface area contributed by atoms with Crippen LogP contribution in [-0.4, -0.2) is 9.97 Å². The van der Waals surface area contributed by atoms with Crippen molar-refractivity contribution in [2.24, 2.45) is 0 Å². The molecule has 0 aliphatic heterocycles. The van der Waals surface area contributed by atoms with E-state index in [1.54, 1.807) is 24.3 Å². The van der Waals surface area contributed by atoms with Crippen LogP contribution in [0.1, 0.15) is 0 Å². The average Bonchev–Trinajstić information content (AvgIpc) is 2.79. The zero-order valence-corrected chi connectivity index (χ0v) is 10.1. The third-order valence-electron chi connectivity index (χ3n) is 2.74. The molecule has 2 nitrogen and oxygen atoms in total. The van der Waals surface area contributed by atoms with Gasteiger partial charge < -0.3 is 4.98 Å². The topological polar surface area (TPSA) is 28.7 Å². The normalized spacial score (nSPS) is 11.2. The summed E-state index contributed by atoms with van der Waals surface area (Å²) in [5.74, 6) is -3.70. The molecule has 0 fully saturated rings. The Hall–Kier alpha value is -2.01. The number of hydrogen-bond acceptors (Lipinski definition) is 1. The Morgan fingerprint density at radius 1 is 1.05 bits per heavy atom. The molecule has 0 atom stereocenters. The van der Waals surface area contributed by atoms with Crippen molar-refractivity contribution >= 4 is 22.6 Å². The molecule has 3 rings (SSSR count). The number of H-pyrrole nitrogens is 1. The van der Waals surface area contributed by atoms with E-state index in [-0.39, 0.29) is 5.82 Å². The van der Waals surface area contributed by atoms with E-state index in [9.17, 15) is 13.2 Å². The molecule has 96 valence electrons. The summed E-state index contributed by atoms with van der Waals surface area (Å²) < 4.78 is 40.9. The van der Waals surface area contributed by atoms with E-state index in [2.05, 4.69) is 9.97 Å². The van der Waals surface area contributed by atoms with Crippen LogP contribution in [0, 0.1) is 17.5 Å². The number of halogens is 4. The van der Waals surface area contributed by atoms with Gasteiger partial charge in [-0.25, -0.2) is 18.2 Å². The Morgan fingerprint density at radius 3 is 2.53 bits per heavy atom. The van der Waals surface area contributed by atoms with Crippen molar-refractivity contribution in [3.05, 3.63) is 52.8 Å². The maximum atomic E-state index is 13.8. The molecule has 1 heterocycles. The van der Waals surface area contributed by atoms with E-state index in [0.717, 1.165) is 6.07 Å². The molecular formula is C13H6ClF3N2. The maximum Gasteiger partial charge on any atom is 0.178 e. The largest absolute Gasteiger partial charge is 0.338 e. The first-order chi connectivity index (χ1) is 9.08. The van der Waals surface area contributed by atoms with Gasteiger partial charge in [-0.15, -0.1) is 0 Å². The summed E-state index contributed by atoms with van der Waals surface area (Å²) in [6.45, 7) is 0. The number of aromatic amines is 1. The van der Waals surface area contributed by atoms with E-state index in [1.165, 1.54) is 0 Å². The van der Waals surface area contributed by atoms with Gasteiger partial charge in [0.2, 0.25) is 0 Å². The van der Waals surface area contributed by atoms with Gasteiger partial charge in [-0.3, -0.25) is 0 Å². The van der Waals surface area contributed by atoms with Crippen LogP contribution in [0.5, 0.6) is 0 Å². The highest BCUT2D eigenvalue weighted by molar-refractivity contribution is 6.30. The molecule has 1 N–H and O–H groups in total. The summed E-state index contributed by atoms with van der Waals surface area (Å²) in [4.78, 5) is 6.77. The Labute approximate surface area is 110 Å². The highest BCUT2D eigenvalue weighted by Crippen LogP contribution is 2.30. The molecule has 19 heavy (non-hydrogen) atoms. The molecule has 0 amide bonds. The van der Waals surface area contributed by atoms with E-state index in [0.29, 0.717) is 11.0 Å². The van der Waals surface area contributed by atoms with Crippen LogP contribution >= 0.6 is 11.6 Å². The van der Waals surface area contributed by atoms with Crippen molar-refractivity contribution in [3.8, 4) is 11.4 Å². The van der Waals surface area contributed by atoms with Crippen LogP contribution in [0.25, 0.3) is 22.4 Å². The quantitative estimate of drug-likeness (QED) is 0.523. The molecule has 3 aromatic rings. The van der Waals surface area contributed by atoms with Crippen LogP contribution in [0.3, 0.4) is 0 Å². The average molecular weight is 283 g/mol. The predicted octanol–water partition coefficient (Wildman–Crippen LogP) is 4.30. The second-order valence-electron chi connectivity index (χ2n) is 3.95. The van der Waals surface area contributed by atoms with Gasteiger partial charge in [0.15, 0.2) is 11.6 Å². The minimum atomic E-state index is -1.36. The number of nitrogens with zero attached hydrogens (tertiary/aromatic N) is 1. The van der Waals surface area contributed by atoms with Crippen molar-refractivity contribution in [3.63, 3.8) is 0 Å². The van der Waals surface area contributed by atoms with Crippen LogP contribution in [0.2, 0.25) is 5.02 Å². The number of benzene rings is 2. The Bertz CT molecular complexity index is 750. The summed E-state index contributed by atoms with van der Waals surface area (Å²) >= 11 is 5.37. The van der Waals surface area contributed by atoms with Gasteiger partial charge in [0.05, 0.1) is 21.6 Å². The van der Waals surface area contributed by atoms with Gasteiger partial charge in [0.1, 0.15) is 11.6 Å². The lowest BCUT2D eigenvalue weighted by atomic mass is 10.2. The highest BCUT2D eigenvalue weighted by atomic mass is 35.5. The Morgan fingerprint density at radius 2 is 1.79 bits per heavy atom. The third-order valence-corrected chi connectivity index (χ3v) is 3.02. The SMILES string of the molecule is Fc1cc(Cl)c(F)c(F)c1-c1nc2ccccc2[nH]1. The molecule has 0 aliphatic rings. The Kier molecular flexibility index (Phi) is 2.71. The summed E-state index contributed by atoms with van der Waals surface area (Å²) in [7, 11) is 0. The molecule has 0 unspecified atom stereocenters. The number of hydrogen-bond donors (Lipinski definition) is 1. The van der Waals surface area contributed by atoms with Crippen molar-refractivity contribution in [1.29, 1.82) is 0 Å². The van der Waals surface area contributed by atoms with E-state index in [1.807, 2.05) is 0 Å². The third kappa shape index (κ3) is 1.86. The second kappa shape index (κ2) is 4.28. The second-order valence-corrected chi connectivity index (χ2v) is 4.35. The number of fused-ring (bicyclic) bond motifs is 1. The van der Waals surface area contributed by atoms with Gasteiger partial charge in [0, 0.05) is 0 Å². The first-order valence-electron chi connectivity index (χ1n) is 5.36. The highest BCUT2D eigenvalue weighted by Gasteiger charge is 2.21. The van der Waals surface area contributed by atoms with Gasteiger partial charge in [0.25, 0.3) is 0 Å². The molecule has 0 spiro atoms. The van der Waals surface area contributed by atoms with Crippen molar-refractivity contribution in [1.82, 2.24) is 9.97 Å². The Balaban J connectivity index is 2.29. The van der Waals surface area contributed by atoms with Gasteiger partial charge in [-0.05, 0) is 18.2 Å². The molecule has 0 saturated carbocycles. The fraction of sp³-hybridized carbons (Fsp3) is 0. The molecule has 0 radical (unpaired) electrons. The fourth-order valence-electron chi connectivity index (χ4n) is 1.85. The van der Waals surface area contributed by atoms with Gasteiger partial charge in [-0.1, -0.05) is 23.7 Å². The van der Waals surface area contributed by atoms with E-state index < -0.39 is 28.0 Å². The van der Waals surface area contributed by atoms with Gasteiger partial charge >= 0.3 is 0 Å². The van der Waals surface area contributed by atoms with Crippen LogP contribution in [0.15, 0.2) is 30.3 Å². The fourth-order valence-corrected chi connectivity index (χ4v) is 2.03. The zero-order chi connectivity index (χ0) is 13.6. The molecule has 1 aromatic heterocycles. The van der Waals surface area contributed by atoms with E-state index in [4.69, 9.17) is 11.6 Å². The maximum absolute atomic E-state index is 13.8. The number of nitrogens with one attached hydrogen (secondary N) is 1. The zero-order valence-electron chi connectivity index (χ0n) is 9.35. The summed E-state index contributed by atoms with van der Waals surface area (Å²) in [6.07, 6.45) is 0.